The van der Waals surface area contributed by atoms with Crippen molar-refractivity contribution >= 4 is 34.0 Å². The van der Waals surface area contributed by atoms with E-state index < -0.39 is 23.4 Å². The van der Waals surface area contributed by atoms with E-state index in [9.17, 15) is 19.7 Å². The Morgan fingerprint density at radius 2 is 1.78 bits per heavy atom. The number of fused-ring (bicyclic) bond motifs is 1. The van der Waals surface area contributed by atoms with Crippen molar-refractivity contribution < 1.29 is 19.2 Å². The van der Waals surface area contributed by atoms with Gasteiger partial charge in [0.15, 0.2) is 6.61 Å². The molecule has 3 rings (SSSR count). The molecular weight excluding hydrogens is 348 g/mol. The van der Waals surface area contributed by atoms with E-state index >= 15 is 0 Å². The Kier molecular flexibility index (Phi) is 5.12. The van der Waals surface area contributed by atoms with Gasteiger partial charge in [-0.3, -0.25) is 14.9 Å². The Morgan fingerprint density at radius 1 is 1.04 bits per heavy atom. The summed E-state index contributed by atoms with van der Waals surface area (Å²) in [7, 11) is 0. The van der Waals surface area contributed by atoms with Gasteiger partial charge in [-0.25, -0.2) is 4.79 Å². The number of esters is 1. The smallest absolute Gasteiger partial charge is 0.338 e. The molecule has 7 nitrogen and oxygen atoms in total. The van der Waals surface area contributed by atoms with Gasteiger partial charge in [0, 0.05) is 17.3 Å². The molecule has 1 N–H and O–H groups in total. The standard InChI is InChI=1S/C20H16N2O5/c1-13-10-16(7-9-18(13)22(25)26)20(24)27-12-19(23)21-17-8-6-14-4-2-3-5-15(14)11-17/h2-11H,12H2,1H3,(H,21,23). The molecular formula is C20H16N2O5. The maximum Gasteiger partial charge on any atom is 0.338 e. The minimum Gasteiger partial charge on any atom is -0.452 e. The van der Waals surface area contributed by atoms with Gasteiger partial charge < -0.3 is 10.1 Å². The highest BCUT2D eigenvalue weighted by atomic mass is 16.6. The Hall–Kier alpha value is -3.74. The van der Waals surface area contributed by atoms with Gasteiger partial charge in [0.05, 0.1) is 10.5 Å². The van der Waals surface area contributed by atoms with Gasteiger partial charge in [-0.05, 0) is 42.0 Å². The fraction of sp³-hybridized carbons (Fsp3) is 0.100. The molecule has 0 atom stereocenters. The van der Waals surface area contributed by atoms with E-state index in [4.69, 9.17) is 4.74 Å². The first-order valence-electron chi connectivity index (χ1n) is 8.15. The Morgan fingerprint density at radius 3 is 2.48 bits per heavy atom. The molecule has 0 spiro atoms. The number of aryl methyl sites for hydroxylation is 1. The van der Waals surface area contributed by atoms with Gasteiger partial charge in [0.2, 0.25) is 0 Å². The summed E-state index contributed by atoms with van der Waals surface area (Å²) in [4.78, 5) is 34.3. The predicted octanol–water partition coefficient (Wildman–Crippen LogP) is 3.85. The van der Waals surface area contributed by atoms with Gasteiger partial charge >= 0.3 is 5.97 Å². The molecule has 7 heteroatoms. The van der Waals surface area contributed by atoms with Crippen LogP contribution in [0.25, 0.3) is 10.8 Å². The predicted molar refractivity (Wildman–Crippen MR) is 101 cm³/mol. The lowest BCUT2D eigenvalue weighted by Crippen LogP contribution is -2.21. The molecule has 1 amide bonds. The summed E-state index contributed by atoms with van der Waals surface area (Å²) in [6, 6.07) is 17.1. The van der Waals surface area contributed by atoms with Crippen LogP contribution in [0.1, 0.15) is 15.9 Å². The molecule has 3 aromatic carbocycles. The molecule has 0 unspecified atom stereocenters. The van der Waals surface area contributed by atoms with Crippen LogP contribution in [0.3, 0.4) is 0 Å². The third-order valence-corrected chi connectivity index (χ3v) is 4.00. The number of nitrogens with zero attached hydrogens (tertiary/aromatic N) is 1. The molecule has 27 heavy (non-hydrogen) atoms. The van der Waals surface area contributed by atoms with E-state index in [1.807, 2.05) is 36.4 Å². The average molecular weight is 364 g/mol. The van der Waals surface area contributed by atoms with Crippen LogP contribution in [0.15, 0.2) is 60.7 Å². The molecule has 0 radical (unpaired) electrons. The number of hydrogen-bond acceptors (Lipinski definition) is 5. The monoisotopic (exact) mass is 364 g/mol. The van der Waals surface area contributed by atoms with Gasteiger partial charge in [0.1, 0.15) is 0 Å². The van der Waals surface area contributed by atoms with Crippen LogP contribution in [0, 0.1) is 17.0 Å². The molecule has 0 bridgehead atoms. The van der Waals surface area contributed by atoms with Crippen LogP contribution >= 0.6 is 0 Å². The maximum atomic E-state index is 12.0. The summed E-state index contributed by atoms with van der Waals surface area (Å²) < 4.78 is 4.98. The summed E-state index contributed by atoms with van der Waals surface area (Å²) in [6.45, 7) is 1.07. The van der Waals surface area contributed by atoms with Crippen molar-refractivity contribution in [1.29, 1.82) is 0 Å². The Labute approximate surface area is 154 Å². The SMILES string of the molecule is Cc1cc(C(=O)OCC(=O)Nc2ccc3ccccc3c2)ccc1[N+](=O)[O-]. The number of amides is 1. The Bertz CT molecular complexity index is 1050. The molecule has 136 valence electrons. The number of rotatable bonds is 5. The second-order valence-electron chi connectivity index (χ2n) is 5.94. The number of ether oxygens (including phenoxy) is 1. The van der Waals surface area contributed by atoms with Crippen molar-refractivity contribution in [2.45, 2.75) is 6.92 Å². The molecule has 0 fully saturated rings. The van der Waals surface area contributed by atoms with Crippen molar-refractivity contribution in [3.8, 4) is 0 Å². The molecule has 0 heterocycles. The van der Waals surface area contributed by atoms with Crippen LogP contribution in [-0.2, 0) is 9.53 Å². The quantitative estimate of drug-likeness (QED) is 0.421. The lowest BCUT2D eigenvalue weighted by atomic mass is 10.1. The van der Waals surface area contributed by atoms with Crippen molar-refractivity contribution in [2.24, 2.45) is 0 Å². The summed E-state index contributed by atoms with van der Waals surface area (Å²) in [5.74, 6) is -1.20. The second kappa shape index (κ2) is 7.65. The molecule has 0 saturated heterocycles. The summed E-state index contributed by atoms with van der Waals surface area (Å²) in [5, 5.41) is 15.5. The third-order valence-electron chi connectivity index (χ3n) is 4.00. The number of anilines is 1. The average Bonchev–Trinajstić information content (AvgIpc) is 2.65. The zero-order valence-electron chi connectivity index (χ0n) is 14.5. The van der Waals surface area contributed by atoms with Crippen molar-refractivity contribution in [3.63, 3.8) is 0 Å². The molecule has 3 aromatic rings. The van der Waals surface area contributed by atoms with Gasteiger partial charge in [-0.2, -0.15) is 0 Å². The number of nitro groups is 1. The number of nitro benzene ring substituents is 1. The molecule has 0 aliphatic heterocycles. The van der Waals surface area contributed by atoms with Gasteiger partial charge in [-0.1, -0.05) is 30.3 Å². The lowest BCUT2D eigenvalue weighted by molar-refractivity contribution is -0.385. The Balaban J connectivity index is 1.60. The number of carbonyl (C=O) groups is 2. The first kappa shape index (κ1) is 18.1. The van der Waals surface area contributed by atoms with Gasteiger partial charge in [-0.15, -0.1) is 0 Å². The topological polar surface area (TPSA) is 98.5 Å². The van der Waals surface area contributed by atoms with E-state index in [2.05, 4.69) is 5.32 Å². The highest BCUT2D eigenvalue weighted by molar-refractivity contribution is 5.97. The largest absolute Gasteiger partial charge is 0.452 e. The van der Waals surface area contributed by atoms with Gasteiger partial charge in [0.25, 0.3) is 11.6 Å². The maximum absolute atomic E-state index is 12.0. The van der Waals surface area contributed by atoms with E-state index in [0.717, 1.165) is 10.8 Å². The van der Waals surface area contributed by atoms with Crippen molar-refractivity contribution in [2.75, 3.05) is 11.9 Å². The number of hydrogen-bond donors (Lipinski definition) is 1. The van der Waals surface area contributed by atoms with Crippen LogP contribution in [-0.4, -0.2) is 23.4 Å². The number of nitrogens with one attached hydrogen (secondary N) is 1. The second-order valence-corrected chi connectivity index (χ2v) is 5.94. The van der Waals surface area contributed by atoms with E-state index in [-0.39, 0.29) is 11.3 Å². The summed E-state index contributed by atoms with van der Waals surface area (Å²) in [5.41, 5.74) is 1.01. The van der Waals surface area contributed by atoms with E-state index in [1.165, 1.54) is 25.1 Å². The molecule has 0 aliphatic rings. The van der Waals surface area contributed by atoms with Crippen molar-refractivity contribution in [3.05, 3.63) is 81.9 Å². The van der Waals surface area contributed by atoms with E-state index in [1.54, 1.807) is 6.07 Å². The zero-order valence-corrected chi connectivity index (χ0v) is 14.5. The van der Waals surface area contributed by atoms with E-state index in [0.29, 0.717) is 11.3 Å². The minimum atomic E-state index is -0.721. The molecule has 0 aromatic heterocycles. The highest BCUT2D eigenvalue weighted by Crippen LogP contribution is 2.20. The molecule has 0 saturated carbocycles. The summed E-state index contributed by atoms with van der Waals surface area (Å²) >= 11 is 0. The van der Waals surface area contributed by atoms with Crippen LogP contribution < -0.4 is 5.32 Å². The first-order chi connectivity index (χ1) is 12.9. The molecule has 0 aliphatic carbocycles. The fourth-order valence-electron chi connectivity index (χ4n) is 2.67. The highest BCUT2D eigenvalue weighted by Gasteiger charge is 2.15. The zero-order chi connectivity index (χ0) is 19.4. The van der Waals surface area contributed by atoms with Crippen LogP contribution in [0.2, 0.25) is 0 Å². The normalized spacial score (nSPS) is 10.4. The number of carbonyl (C=O) groups excluding carboxylic acids is 2. The summed E-state index contributed by atoms with van der Waals surface area (Å²) in [6.07, 6.45) is 0. The van der Waals surface area contributed by atoms with Crippen molar-refractivity contribution in [1.82, 2.24) is 0 Å². The fourth-order valence-corrected chi connectivity index (χ4v) is 2.67. The minimum absolute atomic E-state index is 0.0828. The van der Waals surface area contributed by atoms with Crippen LogP contribution in [0.5, 0.6) is 0 Å². The van der Waals surface area contributed by atoms with Crippen LogP contribution in [0.4, 0.5) is 11.4 Å². The first-order valence-corrected chi connectivity index (χ1v) is 8.15. The number of benzene rings is 3. The lowest BCUT2D eigenvalue weighted by Gasteiger charge is -2.08. The third kappa shape index (κ3) is 4.27.